The predicted octanol–water partition coefficient (Wildman–Crippen LogP) is 5.23. The number of sulfone groups is 1. The van der Waals surface area contributed by atoms with Crippen LogP contribution in [0.25, 0.3) is 6.08 Å². The lowest BCUT2D eigenvalue weighted by Crippen LogP contribution is -2.13. The van der Waals surface area contributed by atoms with E-state index in [0.29, 0.717) is 5.69 Å². The molecule has 2 aromatic rings. The van der Waals surface area contributed by atoms with Crippen LogP contribution in [-0.2, 0) is 14.6 Å². The number of carbonyl (C=O) groups excluding carboxylic acids is 1. The summed E-state index contributed by atoms with van der Waals surface area (Å²) in [7, 11) is -3.88. The molecule has 0 saturated carbocycles. The molecule has 1 amide bonds. The third-order valence-electron chi connectivity index (χ3n) is 4.61. The number of hydrogen-bond donors (Lipinski definition) is 1. The molecule has 32 heavy (non-hydrogen) atoms. The Hall–Kier alpha value is -3.46. The molecule has 0 spiro atoms. The van der Waals surface area contributed by atoms with E-state index in [1.807, 2.05) is 0 Å². The highest BCUT2D eigenvalue weighted by molar-refractivity contribution is 7.94. The lowest BCUT2D eigenvalue weighted by molar-refractivity contribution is -0.111. The van der Waals surface area contributed by atoms with E-state index in [1.54, 1.807) is 30.6 Å². The summed E-state index contributed by atoms with van der Waals surface area (Å²) in [6.07, 6.45) is 3.42. The minimum atomic E-state index is -4.47. The van der Waals surface area contributed by atoms with Crippen molar-refractivity contribution in [3.05, 3.63) is 94.7 Å². The van der Waals surface area contributed by atoms with Gasteiger partial charge in [0.15, 0.2) is 9.84 Å². The molecule has 1 aliphatic carbocycles. The maximum absolute atomic E-state index is 12.8. The van der Waals surface area contributed by atoms with Crippen molar-refractivity contribution in [1.82, 2.24) is 4.98 Å². The maximum atomic E-state index is 12.8. The molecule has 0 fully saturated rings. The van der Waals surface area contributed by atoms with Gasteiger partial charge in [0.05, 0.1) is 10.5 Å². The van der Waals surface area contributed by atoms with Gasteiger partial charge in [-0.05, 0) is 72.5 Å². The fourth-order valence-corrected chi connectivity index (χ4v) is 4.23. The predicted molar refractivity (Wildman–Crippen MR) is 116 cm³/mol. The van der Waals surface area contributed by atoms with E-state index in [2.05, 4.69) is 10.3 Å². The topological polar surface area (TPSA) is 76.1 Å². The first kappa shape index (κ1) is 23.2. The Morgan fingerprint density at radius 3 is 2.47 bits per heavy atom. The average Bonchev–Trinajstić information content (AvgIpc) is 2.74. The van der Waals surface area contributed by atoms with E-state index in [9.17, 15) is 26.4 Å². The molecule has 5 nitrogen and oxygen atoms in total. The van der Waals surface area contributed by atoms with Gasteiger partial charge >= 0.3 is 6.18 Å². The van der Waals surface area contributed by atoms with Crippen molar-refractivity contribution in [2.75, 3.05) is 5.32 Å². The number of carbonyl (C=O) groups is 1. The maximum Gasteiger partial charge on any atom is 0.416 e. The standard InChI is InChI=1S/C23H19F3N2O3S/c1-16-13-19(23(24,25)26)6-5-18(16)15-32(30,31)21-9-7-20(8-10-21)28-22(29)11-4-17-3-2-12-27-14-17/h2-4,6-15H,5H2,1H3,(H,28,29)/b11-4+,18-15+. The van der Waals surface area contributed by atoms with Crippen molar-refractivity contribution >= 4 is 27.5 Å². The highest BCUT2D eigenvalue weighted by atomic mass is 32.2. The zero-order valence-corrected chi connectivity index (χ0v) is 17.7. The molecule has 3 rings (SSSR count). The highest BCUT2D eigenvalue weighted by Crippen LogP contribution is 2.34. The SMILES string of the molecule is CC1=CC(C(F)(F)F)=CC/C1=C\S(=O)(=O)c1ccc(NC(=O)/C=C/c2cccnc2)cc1. The molecular formula is C23H19F3N2O3S. The molecule has 0 aliphatic heterocycles. The molecular weight excluding hydrogens is 441 g/mol. The molecule has 0 radical (unpaired) electrons. The number of halogens is 3. The summed E-state index contributed by atoms with van der Waals surface area (Å²) in [5.41, 5.74) is 0.885. The average molecular weight is 460 g/mol. The number of anilines is 1. The summed E-state index contributed by atoms with van der Waals surface area (Å²) in [5.74, 6) is -0.401. The molecule has 0 bridgehead atoms. The van der Waals surface area contributed by atoms with Crippen molar-refractivity contribution in [1.29, 1.82) is 0 Å². The molecule has 0 saturated heterocycles. The molecule has 9 heteroatoms. The van der Waals surface area contributed by atoms with Gasteiger partial charge in [-0.2, -0.15) is 13.2 Å². The second kappa shape index (κ2) is 9.35. The first-order valence-corrected chi connectivity index (χ1v) is 11.0. The summed E-state index contributed by atoms with van der Waals surface area (Å²) in [4.78, 5) is 15.9. The molecule has 1 heterocycles. The van der Waals surface area contributed by atoms with Crippen LogP contribution in [0.4, 0.5) is 18.9 Å². The van der Waals surface area contributed by atoms with E-state index in [1.165, 1.54) is 37.3 Å². The number of rotatable bonds is 5. The third kappa shape index (κ3) is 6.04. The fraction of sp³-hybridized carbons (Fsp3) is 0.130. The van der Waals surface area contributed by atoms with Gasteiger partial charge < -0.3 is 5.32 Å². The minimum Gasteiger partial charge on any atom is -0.323 e. The number of benzene rings is 1. The third-order valence-corrected chi connectivity index (χ3v) is 6.13. The molecule has 1 N–H and O–H groups in total. The van der Waals surface area contributed by atoms with Gasteiger partial charge in [0, 0.05) is 29.6 Å². The van der Waals surface area contributed by atoms with Crippen LogP contribution in [0.2, 0.25) is 0 Å². The van der Waals surface area contributed by atoms with Gasteiger partial charge in [-0.15, -0.1) is 0 Å². The minimum absolute atomic E-state index is 0.0349. The van der Waals surface area contributed by atoms with Crippen LogP contribution in [0, 0.1) is 0 Å². The zero-order chi connectivity index (χ0) is 23.4. The number of nitrogens with one attached hydrogen (secondary N) is 1. The lowest BCUT2D eigenvalue weighted by atomic mass is 9.96. The Labute approximate surface area is 183 Å². The van der Waals surface area contributed by atoms with Crippen molar-refractivity contribution in [3.63, 3.8) is 0 Å². The van der Waals surface area contributed by atoms with Crippen molar-refractivity contribution in [2.45, 2.75) is 24.4 Å². The lowest BCUT2D eigenvalue weighted by Gasteiger charge is -2.16. The number of pyridine rings is 1. The number of aromatic nitrogens is 1. The van der Waals surface area contributed by atoms with Crippen molar-refractivity contribution in [3.8, 4) is 0 Å². The summed E-state index contributed by atoms with van der Waals surface area (Å²) in [6, 6.07) is 9.05. The normalized spacial score (nSPS) is 16.1. The van der Waals surface area contributed by atoms with Crippen LogP contribution >= 0.6 is 0 Å². The van der Waals surface area contributed by atoms with E-state index < -0.39 is 27.5 Å². The summed E-state index contributed by atoms with van der Waals surface area (Å²) in [5, 5.41) is 3.60. The second-order valence-electron chi connectivity index (χ2n) is 7.01. The van der Waals surface area contributed by atoms with E-state index in [0.717, 1.165) is 23.1 Å². The van der Waals surface area contributed by atoms with Crippen LogP contribution in [0.5, 0.6) is 0 Å². The van der Waals surface area contributed by atoms with Gasteiger partial charge in [-0.1, -0.05) is 12.1 Å². The van der Waals surface area contributed by atoms with Gasteiger partial charge in [-0.25, -0.2) is 8.42 Å². The smallest absolute Gasteiger partial charge is 0.323 e. The Morgan fingerprint density at radius 1 is 1.16 bits per heavy atom. The quantitative estimate of drug-likeness (QED) is 0.620. The number of hydrogen-bond acceptors (Lipinski definition) is 4. The molecule has 1 aromatic carbocycles. The first-order chi connectivity index (χ1) is 15.0. The van der Waals surface area contributed by atoms with E-state index >= 15 is 0 Å². The second-order valence-corrected chi connectivity index (χ2v) is 8.81. The summed E-state index contributed by atoms with van der Waals surface area (Å²) >= 11 is 0. The van der Waals surface area contributed by atoms with Crippen LogP contribution < -0.4 is 5.32 Å². The van der Waals surface area contributed by atoms with Crippen LogP contribution in [0.3, 0.4) is 0 Å². The Morgan fingerprint density at radius 2 is 1.88 bits per heavy atom. The molecule has 1 aromatic heterocycles. The van der Waals surface area contributed by atoms with Crippen molar-refractivity contribution < 1.29 is 26.4 Å². The van der Waals surface area contributed by atoms with Gasteiger partial charge in [0.1, 0.15) is 0 Å². The summed E-state index contributed by atoms with van der Waals surface area (Å²) in [6.45, 7) is 1.44. The van der Waals surface area contributed by atoms with E-state index in [4.69, 9.17) is 0 Å². The largest absolute Gasteiger partial charge is 0.416 e. The van der Waals surface area contributed by atoms with Gasteiger partial charge in [0.2, 0.25) is 5.91 Å². The number of allylic oxidation sites excluding steroid dienone is 5. The molecule has 0 atom stereocenters. The van der Waals surface area contributed by atoms with Crippen LogP contribution in [0.15, 0.2) is 94.0 Å². The Balaban J connectivity index is 1.69. The Bertz CT molecular complexity index is 1230. The zero-order valence-electron chi connectivity index (χ0n) is 16.9. The number of amides is 1. The molecule has 1 aliphatic rings. The monoisotopic (exact) mass is 460 g/mol. The summed E-state index contributed by atoms with van der Waals surface area (Å²) < 4.78 is 63.8. The van der Waals surface area contributed by atoms with Crippen LogP contribution in [0.1, 0.15) is 18.9 Å². The number of nitrogens with zero attached hydrogens (tertiary/aromatic N) is 1. The number of alkyl halides is 3. The fourth-order valence-electron chi connectivity index (χ4n) is 2.92. The molecule has 166 valence electrons. The molecule has 0 unspecified atom stereocenters. The first-order valence-electron chi connectivity index (χ1n) is 9.45. The van der Waals surface area contributed by atoms with Gasteiger partial charge in [0.25, 0.3) is 0 Å². The van der Waals surface area contributed by atoms with E-state index in [-0.39, 0.29) is 22.5 Å². The van der Waals surface area contributed by atoms with Crippen LogP contribution in [-0.4, -0.2) is 25.5 Å². The van der Waals surface area contributed by atoms with Crippen molar-refractivity contribution in [2.24, 2.45) is 0 Å². The Kier molecular flexibility index (Phi) is 6.78. The highest BCUT2D eigenvalue weighted by Gasteiger charge is 2.33. The van der Waals surface area contributed by atoms with Gasteiger partial charge in [-0.3, -0.25) is 9.78 Å².